The third kappa shape index (κ3) is 2.12. The van der Waals surface area contributed by atoms with Gasteiger partial charge >= 0.3 is 0 Å². The van der Waals surface area contributed by atoms with Crippen LogP contribution in [0.3, 0.4) is 0 Å². The summed E-state index contributed by atoms with van der Waals surface area (Å²) >= 11 is 1.70. The van der Waals surface area contributed by atoms with Gasteiger partial charge in [0.1, 0.15) is 10.0 Å². The van der Waals surface area contributed by atoms with E-state index in [4.69, 9.17) is 5.73 Å². The summed E-state index contributed by atoms with van der Waals surface area (Å²) in [6, 6.07) is 0.376. The molecule has 2 atom stereocenters. The molecule has 16 heavy (non-hydrogen) atoms. The molecule has 1 aliphatic carbocycles. The van der Waals surface area contributed by atoms with Crippen LogP contribution in [0.4, 0.5) is 0 Å². The van der Waals surface area contributed by atoms with Crippen LogP contribution in [0.2, 0.25) is 0 Å². The molecule has 2 N–H and O–H groups in total. The van der Waals surface area contributed by atoms with Crippen molar-refractivity contribution in [1.29, 1.82) is 0 Å². The summed E-state index contributed by atoms with van der Waals surface area (Å²) in [5.74, 6) is 1.64. The highest BCUT2D eigenvalue weighted by Crippen LogP contribution is 2.41. The second kappa shape index (κ2) is 4.05. The van der Waals surface area contributed by atoms with E-state index >= 15 is 0 Å². The van der Waals surface area contributed by atoms with Crippen LogP contribution in [0.1, 0.15) is 22.9 Å². The van der Waals surface area contributed by atoms with Gasteiger partial charge in [-0.15, -0.1) is 21.5 Å². The topological polar surface area (TPSA) is 55.0 Å². The van der Waals surface area contributed by atoms with Gasteiger partial charge in [0, 0.05) is 19.1 Å². The molecular weight excluding hydrogens is 220 g/mol. The van der Waals surface area contributed by atoms with Crippen molar-refractivity contribution in [2.45, 2.75) is 32.4 Å². The highest BCUT2D eigenvalue weighted by atomic mass is 32.1. The van der Waals surface area contributed by atoms with E-state index in [1.54, 1.807) is 11.3 Å². The fourth-order valence-electron chi connectivity index (χ4n) is 2.69. The fraction of sp³-hybridized carbons (Fsp3) is 0.818. The third-order valence-corrected chi connectivity index (χ3v) is 4.47. The number of rotatable bonds is 3. The summed E-state index contributed by atoms with van der Waals surface area (Å²) < 4.78 is 0. The van der Waals surface area contributed by atoms with E-state index in [2.05, 4.69) is 15.1 Å². The molecule has 4 nitrogen and oxygen atoms in total. The van der Waals surface area contributed by atoms with Crippen molar-refractivity contribution in [2.24, 2.45) is 17.6 Å². The van der Waals surface area contributed by atoms with E-state index < -0.39 is 0 Å². The SMILES string of the molecule is Cc1nnc(CN2C[C@H](C3CC3)[C@@H](N)C2)s1. The molecule has 0 aromatic carbocycles. The lowest BCUT2D eigenvalue weighted by Gasteiger charge is -2.13. The van der Waals surface area contributed by atoms with Gasteiger partial charge in [-0.3, -0.25) is 4.90 Å². The zero-order valence-corrected chi connectivity index (χ0v) is 10.4. The maximum absolute atomic E-state index is 6.19. The standard InChI is InChI=1S/C11H18N4S/c1-7-13-14-11(16-7)6-15-4-9(8-2-3-8)10(12)5-15/h8-10H,2-6,12H2,1H3/t9-,10+/m1/s1. The lowest BCUT2D eigenvalue weighted by molar-refractivity contribution is 0.308. The largest absolute Gasteiger partial charge is 0.326 e. The van der Waals surface area contributed by atoms with Gasteiger partial charge < -0.3 is 5.73 Å². The van der Waals surface area contributed by atoms with Gasteiger partial charge in [-0.1, -0.05) is 0 Å². The van der Waals surface area contributed by atoms with Gasteiger partial charge in [0.05, 0.1) is 6.54 Å². The van der Waals surface area contributed by atoms with Gasteiger partial charge in [-0.2, -0.15) is 0 Å². The number of likely N-dealkylation sites (tertiary alicyclic amines) is 1. The Morgan fingerprint density at radius 2 is 2.19 bits per heavy atom. The Hall–Kier alpha value is -0.520. The second-order valence-corrected chi connectivity index (χ2v) is 6.34. The fourth-order valence-corrected chi connectivity index (χ4v) is 3.44. The number of aromatic nitrogens is 2. The van der Waals surface area contributed by atoms with Crippen molar-refractivity contribution in [2.75, 3.05) is 13.1 Å². The zero-order valence-electron chi connectivity index (χ0n) is 9.59. The highest BCUT2D eigenvalue weighted by Gasteiger charge is 2.40. The molecule has 2 fully saturated rings. The van der Waals surface area contributed by atoms with Gasteiger partial charge in [-0.25, -0.2) is 0 Å². The highest BCUT2D eigenvalue weighted by molar-refractivity contribution is 7.11. The van der Waals surface area contributed by atoms with E-state index in [-0.39, 0.29) is 0 Å². The molecule has 0 bridgehead atoms. The molecule has 1 saturated heterocycles. The number of hydrogen-bond donors (Lipinski definition) is 1. The molecule has 1 aliphatic heterocycles. The number of nitrogens with zero attached hydrogens (tertiary/aromatic N) is 3. The average molecular weight is 238 g/mol. The van der Waals surface area contributed by atoms with Crippen LogP contribution < -0.4 is 5.73 Å². The van der Waals surface area contributed by atoms with Crippen LogP contribution in [-0.2, 0) is 6.54 Å². The molecule has 0 radical (unpaired) electrons. The van der Waals surface area contributed by atoms with Crippen molar-refractivity contribution in [3.05, 3.63) is 10.0 Å². The molecule has 0 unspecified atom stereocenters. The zero-order chi connectivity index (χ0) is 11.1. The van der Waals surface area contributed by atoms with Gasteiger partial charge in [0.25, 0.3) is 0 Å². The minimum absolute atomic E-state index is 0.376. The smallest absolute Gasteiger partial charge is 0.131 e. The van der Waals surface area contributed by atoms with E-state index in [1.165, 1.54) is 12.8 Å². The predicted molar refractivity (Wildman–Crippen MR) is 64.1 cm³/mol. The molecule has 88 valence electrons. The first-order valence-electron chi connectivity index (χ1n) is 5.99. The first-order chi connectivity index (χ1) is 7.72. The summed E-state index contributed by atoms with van der Waals surface area (Å²) in [4.78, 5) is 2.44. The van der Waals surface area contributed by atoms with Gasteiger partial charge in [0.15, 0.2) is 0 Å². The number of nitrogens with two attached hydrogens (primary N) is 1. The van der Waals surface area contributed by atoms with Gasteiger partial charge in [-0.05, 0) is 31.6 Å². The molecular formula is C11H18N4S. The quantitative estimate of drug-likeness (QED) is 0.854. The molecule has 2 aliphatic rings. The van der Waals surface area contributed by atoms with E-state index in [0.29, 0.717) is 6.04 Å². The van der Waals surface area contributed by atoms with E-state index in [1.807, 2.05) is 6.92 Å². The lowest BCUT2D eigenvalue weighted by Crippen LogP contribution is -2.30. The van der Waals surface area contributed by atoms with E-state index in [0.717, 1.165) is 41.5 Å². The van der Waals surface area contributed by atoms with Crippen LogP contribution >= 0.6 is 11.3 Å². The monoisotopic (exact) mass is 238 g/mol. The summed E-state index contributed by atoms with van der Waals surface area (Å²) in [7, 11) is 0. The first-order valence-corrected chi connectivity index (χ1v) is 6.81. The molecule has 5 heteroatoms. The third-order valence-electron chi connectivity index (χ3n) is 3.64. The Labute approximate surface area is 99.9 Å². The van der Waals surface area contributed by atoms with Crippen molar-refractivity contribution >= 4 is 11.3 Å². The molecule has 0 amide bonds. The Kier molecular flexibility index (Phi) is 2.69. The molecule has 0 spiro atoms. The first kappa shape index (κ1) is 10.6. The van der Waals surface area contributed by atoms with Crippen LogP contribution in [-0.4, -0.2) is 34.2 Å². The van der Waals surface area contributed by atoms with Crippen LogP contribution in [0.25, 0.3) is 0 Å². The summed E-state index contributed by atoms with van der Waals surface area (Å²) in [5, 5.41) is 10.4. The van der Waals surface area contributed by atoms with E-state index in [9.17, 15) is 0 Å². The van der Waals surface area contributed by atoms with Crippen LogP contribution in [0, 0.1) is 18.8 Å². The Morgan fingerprint density at radius 3 is 2.81 bits per heavy atom. The molecule has 1 aromatic rings. The Balaban J connectivity index is 1.60. The average Bonchev–Trinajstić information content (AvgIpc) is 2.91. The summed E-state index contributed by atoms with van der Waals surface area (Å²) in [5.41, 5.74) is 6.19. The van der Waals surface area contributed by atoms with Crippen molar-refractivity contribution in [3.8, 4) is 0 Å². The normalized spacial score (nSPS) is 31.1. The number of aryl methyl sites for hydroxylation is 1. The van der Waals surface area contributed by atoms with Crippen molar-refractivity contribution < 1.29 is 0 Å². The lowest BCUT2D eigenvalue weighted by atomic mass is 9.99. The number of hydrogen-bond acceptors (Lipinski definition) is 5. The van der Waals surface area contributed by atoms with Crippen molar-refractivity contribution in [1.82, 2.24) is 15.1 Å². The predicted octanol–water partition coefficient (Wildman–Crippen LogP) is 1.02. The summed E-state index contributed by atoms with van der Waals surface area (Å²) in [6.07, 6.45) is 2.79. The Bertz CT molecular complexity index is 374. The Morgan fingerprint density at radius 1 is 1.38 bits per heavy atom. The molecule has 1 aromatic heterocycles. The van der Waals surface area contributed by atoms with Gasteiger partial charge in [0.2, 0.25) is 0 Å². The second-order valence-electron chi connectivity index (χ2n) is 5.07. The molecule has 3 rings (SSSR count). The molecule has 1 saturated carbocycles. The minimum atomic E-state index is 0.376. The minimum Gasteiger partial charge on any atom is -0.326 e. The maximum Gasteiger partial charge on any atom is 0.131 e. The van der Waals surface area contributed by atoms with Crippen molar-refractivity contribution in [3.63, 3.8) is 0 Å². The summed E-state index contributed by atoms with van der Waals surface area (Å²) in [6.45, 7) is 5.12. The van der Waals surface area contributed by atoms with Crippen LogP contribution in [0.5, 0.6) is 0 Å². The maximum atomic E-state index is 6.19. The van der Waals surface area contributed by atoms with Crippen LogP contribution in [0.15, 0.2) is 0 Å². The molecule has 2 heterocycles.